The fraction of sp³-hybridized carbons (Fsp3) is 0.520. The van der Waals surface area contributed by atoms with E-state index in [1.54, 1.807) is 0 Å². The largest absolute Gasteiger partial charge is 0.489 e. The van der Waals surface area contributed by atoms with Gasteiger partial charge in [0.25, 0.3) is 0 Å². The Balaban J connectivity index is 2.89. The molecule has 0 bridgehead atoms. The quantitative estimate of drug-likeness (QED) is 0.278. The Morgan fingerprint density at radius 1 is 1.12 bits per heavy atom. The van der Waals surface area contributed by atoms with Gasteiger partial charge in [-0.15, -0.1) is 0 Å². The summed E-state index contributed by atoms with van der Waals surface area (Å²) >= 11 is 0. The zero-order valence-electron chi connectivity index (χ0n) is 17.7. The predicted molar refractivity (Wildman–Crippen MR) is 116 cm³/mol. The smallest absolute Gasteiger partial charge is 0.123 e. The minimum atomic E-state index is 0.564. The molecule has 144 valence electrons. The molecule has 1 heteroatoms. The molecule has 1 rings (SSSR count). The molecule has 0 saturated heterocycles. The predicted octanol–water partition coefficient (Wildman–Crippen LogP) is 7.53. The summed E-state index contributed by atoms with van der Waals surface area (Å²) in [6, 6.07) is 4.59. The van der Waals surface area contributed by atoms with Crippen LogP contribution >= 0.6 is 0 Å². The molecule has 0 aliphatic rings. The summed E-state index contributed by atoms with van der Waals surface area (Å²) in [6.45, 7) is 15.4. The topological polar surface area (TPSA) is 9.23 Å². The SMILES string of the molecule is C=CCOc1cc(CCCCC)cc(C)c1C/C=C(\C)CCC=C(C)C. The van der Waals surface area contributed by atoms with Crippen LogP contribution in [0.1, 0.15) is 76.5 Å². The second kappa shape index (κ2) is 12.6. The van der Waals surface area contributed by atoms with Crippen molar-refractivity contribution in [3.8, 4) is 5.75 Å². The maximum Gasteiger partial charge on any atom is 0.123 e. The molecule has 0 aliphatic carbocycles. The van der Waals surface area contributed by atoms with Gasteiger partial charge < -0.3 is 4.74 Å². The van der Waals surface area contributed by atoms with Gasteiger partial charge in [0, 0.05) is 5.56 Å². The summed E-state index contributed by atoms with van der Waals surface area (Å²) in [5.41, 5.74) is 6.89. The molecule has 0 radical (unpaired) electrons. The summed E-state index contributed by atoms with van der Waals surface area (Å²) in [5.74, 6) is 1.03. The van der Waals surface area contributed by atoms with Gasteiger partial charge in [0.1, 0.15) is 12.4 Å². The highest BCUT2D eigenvalue weighted by atomic mass is 16.5. The average Bonchev–Trinajstić information content (AvgIpc) is 2.58. The Morgan fingerprint density at radius 3 is 2.54 bits per heavy atom. The lowest BCUT2D eigenvalue weighted by Gasteiger charge is -2.15. The standard InChI is InChI=1S/C25H38O/c1-7-9-10-14-23-18-22(6)24(25(19-23)26-17-8-2)16-15-21(5)13-11-12-20(3)4/h8,12,15,18-19H,2,7,9-11,13-14,16-17H2,1,3-6H3/b21-15+. The van der Waals surface area contributed by atoms with Crippen LogP contribution in [0.15, 0.2) is 48.1 Å². The van der Waals surface area contributed by atoms with E-state index in [2.05, 4.69) is 65.5 Å². The molecule has 1 nitrogen and oxygen atoms in total. The maximum atomic E-state index is 6.00. The van der Waals surface area contributed by atoms with Gasteiger partial charge in [-0.25, -0.2) is 0 Å². The van der Waals surface area contributed by atoms with Crippen molar-refractivity contribution in [1.29, 1.82) is 0 Å². The van der Waals surface area contributed by atoms with Crippen LogP contribution in [0.25, 0.3) is 0 Å². The number of benzene rings is 1. The Labute approximate surface area is 161 Å². The van der Waals surface area contributed by atoms with Gasteiger partial charge >= 0.3 is 0 Å². The van der Waals surface area contributed by atoms with Crippen LogP contribution in [-0.2, 0) is 12.8 Å². The summed E-state index contributed by atoms with van der Waals surface area (Å²) in [7, 11) is 0. The van der Waals surface area contributed by atoms with Crippen molar-refractivity contribution in [2.45, 2.75) is 79.6 Å². The van der Waals surface area contributed by atoms with Gasteiger partial charge in [-0.2, -0.15) is 0 Å². The Bertz CT molecular complexity index is 615. The van der Waals surface area contributed by atoms with E-state index < -0.39 is 0 Å². The first-order chi connectivity index (χ1) is 12.5. The first-order valence-corrected chi connectivity index (χ1v) is 10.1. The third kappa shape index (κ3) is 8.56. The van der Waals surface area contributed by atoms with Crippen LogP contribution in [0.2, 0.25) is 0 Å². The molecular weight excluding hydrogens is 316 g/mol. The summed E-state index contributed by atoms with van der Waals surface area (Å²) < 4.78 is 6.00. The van der Waals surface area contributed by atoms with Gasteiger partial charge in [-0.3, -0.25) is 0 Å². The van der Waals surface area contributed by atoms with E-state index in [4.69, 9.17) is 4.74 Å². The lowest BCUT2D eigenvalue weighted by atomic mass is 9.97. The van der Waals surface area contributed by atoms with Crippen molar-refractivity contribution in [1.82, 2.24) is 0 Å². The van der Waals surface area contributed by atoms with Crippen molar-refractivity contribution in [2.75, 3.05) is 6.61 Å². The first kappa shape index (κ1) is 22.3. The number of unbranched alkanes of at least 4 members (excludes halogenated alkanes) is 2. The van der Waals surface area contributed by atoms with Crippen LogP contribution in [0.3, 0.4) is 0 Å². The van der Waals surface area contributed by atoms with E-state index in [-0.39, 0.29) is 0 Å². The highest BCUT2D eigenvalue weighted by molar-refractivity contribution is 5.45. The Morgan fingerprint density at radius 2 is 1.88 bits per heavy atom. The molecule has 0 aromatic heterocycles. The molecule has 0 spiro atoms. The van der Waals surface area contributed by atoms with Crippen molar-refractivity contribution in [3.05, 3.63) is 64.8 Å². The van der Waals surface area contributed by atoms with Gasteiger partial charge in [0.15, 0.2) is 0 Å². The van der Waals surface area contributed by atoms with Crippen LogP contribution in [-0.4, -0.2) is 6.61 Å². The number of aryl methyl sites for hydroxylation is 2. The average molecular weight is 355 g/mol. The number of hydrogen-bond donors (Lipinski definition) is 0. The van der Waals surface area contributed by atoms with Crippen LogP contribution in [0.5, 0.6) is 5.75 Å². The number of ether oxygens (including phenoxy) is 1. The summed E-state index contributed by atoms with van der Waals surface area (Å²) in [6.07, 6.45) is 14.6. The van der Waals surface area contributed by atoms with E-state index in [1.165, 1.54) is 47.1 Å². The normalized spacial score (nSPS) is 11.3. The monoisotopic (exact) mass is 354 g/mol. The number of allylic oxidation sites excluding steroid dienone is 4. The minimum Gasteiger partial charge on any atom is -0.489 e. The molecular formula is C25H38O. The molecule has 0 heterocycles. The first-order valence-electron chi connectivity index (χ1n) is 10.1. The van der Waals surface area contributed by atoms with E-state index in [1.807, 2.05) is 6.08 Å². The van der Waals surface area contributed by atoms with Crippen LogP contribution < -0.4 is 4.74 Å². The molecule has 0 fully saturated rings. The Kier molecular flexibility index (Phi) is 10.8. The molecule has 1 aromatic rings. The van der Waals surface area contributed by atoms with Gasteiger partial charge in [0.2, 0.25) is 0 Å². The zero-order valence-corrected chi connectivity index (χ0v) is 17.7. The summed E-state index contributed by atoms with van der Waals surface area (Å²) in [4.78, 5) is 0. The van der Waals surface area contributed by atoms with Gasteiger partial charge in [-0.05, 0) is 77.0 Å². The minimum absolute atomic E-state index is 0.564. The molecule has 0 saturated carbocycles. The molecule has 1 aromatic carbocycles. The second-order valence-corrected chi connectivity index (χ2v) is 7.52. The lowest BCUT2D eigenvalue weighted by molar-refractivity contribution is 0.359. The van der Waals surface area contributed by atoms with E-state index in [0.717, 1.165) is 31.4 Å². The molecule has 0 N–H and O–H groups in total. The molecule has 26 heavy (non-hydrogen) atoms. The molecule has 0 atom stereocenters. The van der Waals surface area contributed by atoms with E-state index in [9.17, 15) is 0 Å². The van der Waals surface area contributed by atoms with Crippen molar-refractivity contribution in [3.63, 3.8) is 0 Å². The van der Waals surface area contributed by atoms with Gasteiger partial charge in [0.05, 0.1) is 0 Å². The van der Waals surface area contributed by atoms with Crippen LogP contribution in [0.4, 0.5) is 0 Å². The number of rotatable bonds is 12. The van der Waals surface area contributed by atoms with E-state index >= 15 is 0 Å². The van der Waals surface area contributed by atoms with E-state index in [0.29, 0.717) is 6.61 Å². The second-order valence-electron chi connectivity index (χ2n) is 7.52. The van der Waals surface area contributed by atoms with Crippen molar-refractivity contribution < 1.29 is 4.74 Å². The molecule has 0 unspecified atom stereocenters. The highest BCUT2D eigenvalue weighted by Crippen LogP contribution is 2.27. The van der Waals surface area contributed by atoms with Gasteiger partial charge in [-0.1, -0.05) is 61.8 Å². The third-order valence-corrected chi connectivity index (χ3v) is 4.66. The zero-order chi connectivity index (χ0) is 19.4. The fourth-order valence-electron chi connectivity index (χ4n) is 3.09. The fourth-order valence-corrected chi connectivity index (χ4v) is 3.09. The van der Waals surface area contributed by atoms with Crippen molar-refractivity contribution in [2.24, 2.45) is 0 Å². The Hall–Kier alpha value is -1.76. The summed E-state index contributed by atoms with van der Waals surface area (Å²) in [5, 5.41) is 0. The highest BCUT2D eigenvalue weighted by Gasteiger charge is 2.09. The molecule has 0 aliphatic heterocycles. The maximum absolute atomic E-state index is 6.00. The molecule has 0 amide bonds. The van der Waals surface area contributed by atoms with Crippen LogP contribution in [0, 0.1) is 6.92 Å². The van der Waals surface area contributed by atoms with Crippen molar-refractivity contribution >= 4 is 0 Å². The number of hydrogen-bond acceptors (Lipinski definition) is 1. The third-order valence-electron chi connectivity index (χ3n) is 4.66. The lowest BCUT2D eigenvalue weighted by Crippen LogP contribution is -2.01.